The lowest BCUT2D eigenvalue weighted by atomic mass is 10.3. The summed E-state index contributed by atoms with van der Waals surface area (Å²) in [7, 11) is 1.65. The summed E-state index contributed by atoms with van der Waals surface area (Å²) < 4.78 is 10.3. The second-order valence-electron chi connectivity index (χ2n) is 3.82. The maximum Gasteiger partial charge on any atom is 0.323 e. The number of thioether (sulfide) groups is 1. The third-order valence-electron chi connectivity index (χ3n) is 2.50. The fourth-order valence-electron chi connectivity index (χ4n) is 1.61. The van der Waals surface area contributed by atoms with E-state index < -0.39 is 0 Å². The molecule has 1 N–H and O–H groups in total. The number of carbonyl (C=O) groups is 1. The van der Waals surface area contributed by atoms with Gasteiger partial charge < -0.3 is 14.8 Å². The summed E-state index contributed by atoms with van der Waals surface area (Å²) in [6, 6.07) is 7.49. The average molecular weight is 283 g/mol. The molecule has 0 radical (unpaired) electrons. The monoisotopic (exact) mass is 283 g/mol. The number of ether oxygens (including phenoxy) is 2. The van der Waals surface area contributed by atoms with Crippen LogP contribution in [0.5, 0.6) is 5.75 Å². The van der Waals surface area contributed by atoms with E-state index in [-0.39, 0.29) is 12.0 Å². The molecule has 4 nitrogen and oxygen atoms in total. The average Bonchev–Trinajstić information content (AvgIpc) is 2.44. The number of methoxy groups -OCH3 is 1. The normalized spacial score (nSPS) is 11.9. The summed E-state index contributed by atoms with van der Waals surface area (Å²) in [4.78, 5) is 12.8. The number of para-hydroxylation sites is 1. The molecule has 1 aromatic rings. The van der Waals surface area contributed by atoms with Crippen LogP contribution in [0.25, 0.3) is 0 Å². The molecule has 0 aliphatic carbocycles. The van der Waals surface area contributed by atoms with E-state index in [4.69, 9.17) is 9.47 Å². The van der Waals surface area contributed by atoms with Gasteiger partial charge in [-0.3, -0.25) is 4.79 Å². The van der Waals surface area contributed by atoms with Gasteiger partial charge in [0.25, 0.3) is 0 Å². The number of rotatable bonds is 8. The maximum atomic E-state index is 11.8. The molecule has 0 heterocycles. The van der Waals surface area contributed by atoms with E-state index in [1.165, 1.54) is 0 Å². The Balaban J connectivity index is 2.62. The zero-order valence-corrected chi connectivity index (χ0v) is 12.5. The lowest BCUT2D eigenvalue weighted by Crippen LogP contribution is -2.40. The number of nitrogens with one attached hydrogen (secondary N) is 1. The van der Waals surface area contributed by atoms with Gasteiger partial charge in [0.1, 0.15) is 11.8 Å². The Bertz CT molecular complexity index is 398. The van der Waals surface area contributed by atoms with Crippen molar-refractivity contribution >= 4 is 17.7 Å². The maximum absolute atomic E-state index is 11.8. The van der Waals surface area contributed by atoms with Gasteiger partial charge in [0.05, 0.1) is 13.7 Å². The van der Waals surface area contributed by atoms with Crippen molar-refractivity contribution in [3.8, 4) is 5.75 Å². The third-order valence-corrected chi connectivity index (χ3v) is 3.64. The van der Waals surface area contributed by atoms with Gasteiger partial charge in [-0.1, -0.05) is 19.1 Å². The number of benzene rings is 1. The number of hydrogen-bond donors (Lipinski definition) is 1. The molecule has 1 atom stereocenters. The van der Waals surface area contributed by atoms with Crippen molar-refractivity contribution in [2.75, 3.05) is 26.0 Å². The number of carbonyl (C=O) groups excluding carboxylic acids is 1. The molecule has 0 bridgehead atoms. The highest BCUT2D eigenvalue weighted by Crippen LogP contribution is 2.29. The molecule has 1 unspecified atom stereocenters. The molecule has 19 heavy (non-hydrogen) atoms. The second-order valence-corrected chi connectivity index (χ2v) is 4.89. The van der Waals surface area contributed by atoms with Crippen LogP contribution in [-0.2, 0) is 9.53 Å². The highest BCUT2D eigenvalue weighted by Gasteiger charge is 2.19. The Morgan fingerprint density at radius 2 is 2.11 bits per heavy atom. The van der Waals surface area contributed by atoms with Crippen LogP contribution in [-0.4, -0.2) is 38.0 Å². The molecule has 106 valence electrons. The first-order valence-corrected chi connectivity index (χ1v) is 7.37. The highest BCUT2D eigenvalue weighted by molar-refractivity contribution is 7.99. The fraction of sp³-hybridized carbons (Fsp3) is 0.500. The molecular weight excluding hydrogens is 262 g/mol. The van der Waals surface area contributed by atoms with Crippen LogP contribution in [0.1, 0.15) is 13.8 Å². The number of esters is 1. The van der Waals surface area contributed by atoms with E-state index in [9.17, 15) is 4.79 Å². The van der Waals surface area contributed by atoms with E-state index in [0.29, 0.717) is 12.4 Å². The van der Waals surface area contributed by atoms with Gasteiger partial charge in [-0.25, -0.2) is 0 Å². The van der Waals surface area contributed by atoms with Crippen molar-refractivity contribution < 1.29 is 14.3 Å². The Kier molecular flexibility index (Phi) is 7.36. The third kappa shape index (κ3) is 5.12. The van der Waals surface area contributed by atoms with Crippen LogP contribution < -0.4 is 10.1 Å². The number of likely N-dealkylation sites (N-methyl/N-ethyl adjacent to an activating group) is 1. The molecule has 1 rings (SSSR count). The van der Waals surface area contributed by atoms with Crippen molar-refractivity contribution in [3.05, 3.63) is 24.3 Å². The quantitative estimate of drug-likeness (QED) is 0.586. The molecule has 0 aliphatic rings. The molecule has 0 fully saturated rings. The van der Waals surface area contributed by atoms with Gasteiger partial charge in [0.15, 0.2) is 0 Å². The molecule has 0 aliphatic heterocycles. The van der Waals surface area contributed by atoms with Gasteiger partial charge in [-0.05, 0) is 25.6 Å². The van der Waals surface area contributed by atoms with Gasteiger partial charge in [0.2, 0.25) is 0 Å². The molecule has 5 heteroatoms. The standard InChI is InChI=1S/C14H21NO3S/c1-4-15-11(14(16)18-5-2)10-19-13-9-7-6-8-12(13)17-3/h6-9,11,15H,4-5,10H2,1-3H3. The van der Waals surface area contributed by atoms with Crippen LogP contribution in [0.15, 0.2) is 29.2 Å². The van der Waals surface area contributed by atoms with Gasteiger partial charge >= 0.3 is 5.97 Å². The lowest BCUT2D eigenvalue weighted by Gasteiger charge is -2.16. The minimum atomic E-state index is -0.292. The van der Waals surface area contributed by atoms with E-state index in [2.05, 4.69) is 5.32 Å². The Labute approximate surface area is 118 Å². The van der Waals surface area contributed by atoms with E-state index >= 15 is 0 Å². The number of hydrogen-bond acceptors (Lipinski definition) is 5. The van der Waals surface area contributed by atoms with Crippen LogP contribution in [0.4, 0.5) is 0 Å². The van der Waals surface area contributed by atoms with Crippen LogP contribution >= 0.6 is 11.8 Å². The predicted octanol–water partition coefficient (Wildman–Crippen LogP) is 2.33. The van der Waals surface area contributed by atoms with Crippen molar-refractivity contribution in [3.63, 3.8) is 0 Å². The van der Waals surface area contributed by atoms with Crippen molar-refractivity contribution in [1.82, 2.24) is 5.32 Å². The van der Waals surface area contributed by atoms with Crippen LogP contribution in [0.2, 0.25) is 0 Å². The summed E-state index contributed by atoms with van der Waals surface area (Å²) in [5, 5.41) is 3.14. The summed E-state index contributed by atoms with van der Waals surface area (Å²) >= 11 is 1.59. The van der Waals surface area contributed by atoms with Crippen molar-refractivity contribution in [2.45, 2.75) is 24.8 Å². The smallest absolute Gasteiger partial charge is 0.323 e. The van der Waals surface area contributed by atoms with Crippen molar-refractivity contribution in [1.29, 1.82) is 0 Å². The highest BCUT2D eigenvalue weighted by atomic mass is 32.2. The van der Waals surface area contributed by atoms with E-state index in [1.807, 2.05) is 38.1 Å². The minimum Gasteiger partial charge on any atom is -0.496 e. The topological polar surface area (TPSA) is 47.6 Å². The zero-order chi connectivity index (χ0) is 14.1. The second kappa shape index (κ2) is 8.82. The molecule has 1 aromatic carbocycles. The van der Waals surface area contributed by atoms with Crippen LogP contribution in [0, 0.1) is 0 Å². The summed E-state index contributed by atoms with van der Waals surface area (Å²) in [5.41, 5.74) is 0. The predicted molar refractivity (Wildman–Crippen MR) is 77.8 cm³/mol. The molecule has 0 saturated heterocycles. The first-order chi connectivity index (χ1) is 9.22. The molecule has 0 aromatic heterocycles. The zero-order valence-electron chi connectivity index (χ0n) is 11.6. The van der Waals surface area contributed by atoms with E-state index in [1.54, 1.807) is 18.9 Å². The molecular formula is C14H21NO3S. The van der Waals surface area contributed by atoms with Gasteiger partial charge in [0, 0.05) is 10.6 Å². The Hall–Kier alpha value is -1.20. The Morgan fingerprint density at radius 1 is 1.37 bits per heavy atom. The van der Waals surface area contributed by atoms with Crippen LogP contribution in [0.3, 0.4) is 0 Å². The molecule has 0 spiro atoms. The fourth-order valence-corrected chi connectivity index (χ4v) is 2.68. The Morgan fingerprint density at radius 3 is 2.74 bits per heavy atom. The molecule has 0 amide bonds. The van der Waals surface area contributed by atoms with Gasteiger partial charge in [-0.15, -0.1) is 11.8 Å². The first kappa shape index (κ1) is 15.9. The van der Waals surface area contributed by atoms with Gasteiger partial charge in [-0.2, -0.15) is 0 Å². The van der Waals surface area contributed by atoms with Crippen molar-refractivity contribution in [2.24, 2.45) is 0 Å². The summed E-state index contributed by atoms with van der Waals surface area (Å²) in [6.45, 7) is 4.92. The first-order valence-electron chi connectivity index (χ1n) is 6.38. The van der Waals surface area contributed by atoms with E-state index in [0.717, 1.165) is 17.2 Å². The SMILES string of the molecule is CCNC(CSc1ccccc1OC)C(=O)OCC. The lowest BCUT2D eigenvalue weighted by molar-refractivity contribution is -0.144. The summed E-state index contributed by atoms with van der Waals surface area (Å²) in [5.74, 6) is 1.24. The largest absolute Gasteiger partial charge is 0.496 e. The molecule has 0 saturated carbocycles. The minimum absolute atomic E-state index is 0.202. The summed E-state index contributed by atoms with van der Waals surface area (Å²) in [6.07, 6.45) is 0.